The Morgan fingerprint density at radius 3 is 2.87 bits per heavy atom. The summed E-state index contributed by atoms with van der Waals surface area (Å²) in [4.78, 5) is 29.5. The fourth-order valence-electron chi connectivity index (χ4n) is 3.76. The second-order valence-electron chi connectivity index (χ2n) is 7.56. The van der Waals surface area contributed by atoms with Gasteiger partial charge in [0.05, 0.1) is 11.0 Å². The molecule has 3 aromatic rings. The Morgan fingerprint density at radius 2 is 2.06 bits per heavy atom. The molecule has 31 heavy (non-hydrogen) atoms. The van der Waals surface area contributed by atoms with E-state index in [1.807, 2.05) is 28.8 Å². The molecule has 1 fully saturated rings. The third-order valence-corrected chi connectivity index (χ3v) is 5.48. The summed E-state index contributed by atoms with van der Waals surface area (Å²) in [5, 5.41) is 6.38. The van der Waals surface area contributed by atoms with Gasteiger partial charge in [0, 0.05) is 30.3 Å². The number of para-hydroxylation sites is 2. The monoisotopic (exact) mass is 440 g/mol. The quantitative estimate of drug-likeness (QED) is 0.524. The highest BCUT2D eigenvalue weighted by atomic mass is 35.5. The summed E-state index contributed by atoms with van der Waals surface area (Å²) in [5.41, 5.74) is 2.40. The second kappa shape index (κ2) is 9.94. The predicted molar refractivity (Wildman–Crippen MR) is 120 cm³/mol. The first kappa shape index (κ1) is 21.3. The summed E-state index contributed by atoms with van der Waals surface area (Å²) in [6.45, 7) is 1.33. The van der Waals surface area contributed by atoms with Gasteiger partial charge in [-0.2, -0.15) is 0 Å². The molecule has 2 aromatic carbocycles. The third kappa shape index (κ3) is 5.42. The van der Waals surface area contributed by atoms with Gasteiger partial charge in [-0.1, -0.05) is 29.8 Å². The maximum Gasteiger partial charge on any atom is 0.249 e. The number of rotatable bonds is 8. The number of hydrogen-bond donors (Lipinski definition) is 2. The van der Waals surface area contributed by atoms with E-state index in [1.165, 1.54) is 0 Å². The van der Waals surface area contributed by atoms with Crippen molar-refractivity contribution in [1.29, 1.82) is 0 Å². The molecule has 0 bridgehead atoms. The van der Waals surface area contributed by atoms with Gasteiger partial charge in [0.25, 0.3) is 0 Å². The number of carbonyl (C=O) groups excluding carboxylic acids is 2. The van der Waals surface area contributed by atoms with E-state index in [1.54, 1.807) is 24.3 Å². The van der Waals surface area contributed by atoms with Crippen LogP contribution in [0.5, 0.6) is 0 Å². The first-order valence-corrected chi connectivity index (χ1v) is 10.9. The summed E-state index contributed by atoms with van der Waals surface area (Å²) in [6.07, 6.45) is 2.76. The van der Waals surface area contributed by atoms with Crippen LogP contribution < -0.4 is 10.6 Å². The van der Waals surface area contributed by atoms with E-state index in [2.05, 4.69) is 10.6 Å². The molecule has 1 aromatic heterocycles. The maximum absolute atomic E-state index is 12.7. The fraction of sp³-hybridized carbons (Fsp3) is 0.348. The average molecular weight is 441 g/mol. The number of fused-ring (bicyclic) bond motifs is 1. The number of halogens is 1. The Balaban J connectivity index is 1.40. The van der Waals surface area contributed by atoms with E-state index in [4.69, 9.17) is 21.3 Å². The van der Waals surface area contributed by atoms with Crippen molar-refractivity contribution in [2.45, 2.75) is 38.3 Å². The van der Waals surface area contributed by atoms with Crippen LogP contribution in [0.4, 0.5) is 5.69 Å². The van der Waals surface area contributed by atoms with Gasteiger partial charge in [-0.25, -0.2) is 4.98 Å². The molecule has 1 aliphatic heterocycles. The Hall–Kier alpha value is -2.90. The van der Waals surface area contributed by atoms with Crippen molar-refractivity contribution in [3.8, 4) is 0 Å². The lowest BCUT2D eigenvalue weighted by Gasteiger charge is -2.12. The maximum atomic E-state index is 12.7. The summed E-state index contributed by atoms with van der Waals surface area (Å²) in [5.74, 6) is 0.610. The van der Waals surface area contributed by atoms with Gasteiger partial charge >= 0.3 is 0 Å². The van der Waals surface area contributed by atoms with E-state index in [-0.39, 0.29) is 24.5 Å². The number of aromatic nitrogens is 2. The van der Waals surface area contributed by atoms with Crippen molar-refractivity contribution >= 4 is 40.1 Å². The third-order valence-electron chi connectivity index (χ3n) is 5.24. The minimum absolute atomic E-state index is 0.0492. The SMILES string of the molecule is O=C(Cn1c(CCCNC(=O)C2CCCO2)nc2ccccc21)Nc1cccc(Cl)c1. The van der Waals surface area contributed by atoms with Gasteiger partial charge in [0.15, 0.2) is 0 Å². The highest BCUT2D eigenvalue weighted by Crippen LogP contribution is 2.19. The highest BCUT2D eigenvalue weighted by molar-refractivity contribution is 6.30. The molecule has 1 aliphatic rings. The summed E-state index contributed by atoms with van der Waals surface area (Å²) < 4.78 is 7.34. The molecule has 4 rings (SSSR count). The number of benzene rings is 2. The van der Waals surface area contributed by atoms with Crippen molar-refractivity contribution in [2.75, 3.05) is 18.5 Å². The minimum Gasteiger partial charge on any atom is -0.368 e. The lowest BCUT2D eigenvalue weighted by Crippen LogP contribution is -2.34. The Bertz CT molecular complexity index is 1080. The Morgan fingerprint density at radius 1 is 1.19 bits per heavy atom. The number of anilines is 1. The lowest BCUT2D eigenvalue weighted by atomic mass is 10.2. The van der Waals surface area contributed by atoms with Crippen molar-refractivity contribution < 1.29 is 14.3 Å². The number of aryl methyl sites for hydroxylation is 1. The molecule has 0 spiro atoms. The highest BCUT2D eigenvalue weighted by Gasteiger charge is 2.23. The van der Waals surface area contributed by atoms with Crippen LogP contribution in [0.3, 0.4) is 0 Å². The molecule has 162 valence electrons. The van der Waals surface area contributed by atoms with Gasteiger partial charge in [0.2, 0.25) is 11.8 Å². The number of hydrogen-bond acceptors (Lipinski definition) is 4. The molecule has 2 amide bonds. The first-order valence-electron chi connectivity index (χ1n) is 10.5. The van der Waals surface area contributed by atoms with E-state index in [0.29, 0.717) is 30.3 Å². The minimum atomic E-state index is -0.320. The van der Waals surface area contributed by atoms with E-state index in [0.717, 1.165) is 36.1 Å². The van der Waals surface area contributed by atoms with Crippen LogP contribution >= 0.6 is 11.6 Å². The molecular formula is C23H25ClN4O3. The summed E-state index contributed by atoms with van der Waals surface area (Å²) >= 11 is 6.00. The number of nitrogens with one attached hydrogen (secondary N) is 2. The van der Waals surface area contributed by atoms with E-state index in [9.17, 15) is 9.59 Å². The zero-order valence-electron chi connectivity index (χ0n) is 17.1. The number of amides is 2. The van der Waals surface area contributed by atoms with Crippen LogP contribution in [0.15, 0.2) is 48.5 Å². The number of nitrogens with zero attached hydrogens (tertiary/aromatic N) is 2. The van der Waals surface area contributed by atoms with Crippen LogP contribution in [0.2, 0.25) is 5.02 Å². The molecule has 0 saturated carbocycles. The fourth-order valence-corrected chi connectivity index (χ4v) is 3.95. The lowest BCUT2D eigenvalue weighted by molar-refractivity contribution is -0.130. The second-order valence-corrected chi connectivity index (χ2v) is 7.99. The van der Waals surface area contributed by atoms with Crippen LogP contribution in [-0.2, 0) is 27.3 Å². The molecule has 0 aliphatic carbocycles. The van der Waals surface area contributed by atoms with Crippen LogP contribution in [-0.4, -0.2) is 40.6 Å². The molecular weight excluding hydrogens is 416 g/mol. The van der Waals surface area contributed by atoms with Gasteiger partial charge in [-0.15, -0.1) is 0 Å². The van der Waals surface area contributed by atoms with Crippen molar-refractivity contribution in [3.63, 3.8) is 0 Å². The molecule has 1 atom stereocenters. The number of carbonyl (C=O) groups is 2. The van der Waals surface area contributed by atoms with Crippen LogP contribution in [0.25, 0.3) is 11.0 Å². The van der Waals surface area contributed by atoms with Crippen LogP contribution in [0, 0.1) is 0 Å². The van der Waals surface area contributed by atoms with Gasteiger partial charge in [-0.3, -0.25) is 9.59 Å². The standard InChI is InChI=1S/C23H25ClN4O3/c24-16-6-3-7-17(14-16)26-22(29)15-28-19-9-2-1-8-18(19)27-21(28)11-4-12-25-23(30)20-10-5-13-31-20/h1-3,6-9,14,20H,4-5,10-13,15H2,(H,25,30)(H,26,29). The topological polar surface area (TPSA) is 85.2 Å². The largest absolute Gasteiger partial charge is 0.368 e. The normalized spacial score (nSPS) is 15.8. The van der Waals surface area contributed by atoms with Crippen LogP contribution in [0.1, 0.15) is 25.1 Å². The molecule has 0 radical (unpaired) electrons. The zero-order valence-corrected chi connectivity index (χ0v) is 17.9. The molecule has 2 N–H and O–H groups in total. The Labute approximate surface area is 185 Å². The van der Waals surface area contributed by atoms with Crippen molar-refractivity contribution in [3.05, 3.63) is 59.4 Å². The van der Waals surface area contributed by atoms with E-state index < -0.39 is 0 Å². The van der Waals surface area contributed by atoms with Gasteiger partial charge in [0.1, 0.15) is 18.5 Å². The zero-order chi connectivity index (χ0) is 21.6. The number of ether oxygens (including phenoxy) is 1. The number of imidazole rings is 1. The van der Waals surface area contributed by atoms with Gasteiger partial charge in [-0.05, 0) is 49.6 Å². The molecule has 1 unspecified atom stereocenters. The average Bonchev–Trinajstić information content (AvgIpc) is 3.40. The van der Waals surface area contributed by atoms with Gasteiger partial charge < -0.3 is 19.9 Å². The smallest absolute Gasteiger partial charge is 0.249 e. The molecule has 1 saturated heterocycles. The molecule has 7 nitrogen and oxygen atoms in total. The molecule has 8 heteroatoms. The predicted octanol–water partition coefficient (Wildman–Crippen LogP) is 3.56. The van der Waals surface area contributed by atoms with Crippen molar-refractivity contribution in [1.82, 2.24) is 14.9 Å². The Kier molecular flexibility index (Phi) is 6.84. The summed E-state index contributed by atoms with van der Waals surface area (Å²) in [6, 6.07) is 14.8. The van der Waals surface area contributed by atoms with E-state index >= 15 is 0 Å². The molecule has 2 heterocycles. The first-order chi connectivity index (χ1) is 15.1. The summed E-state index contributed by atoms with van der Waals surface area (Å²) in [7, 11) is 0. The van der Waals surface area contributed by atoms with Crippen molar-refractivity contribution in [2.24, 2.45) is 0 Å².